The molecule has 19 heavy (non-hydrogen) atoms. The molecule has 1 aliphatic heterocycles. The minimum absolute atomic E-state index is 0.208. The van der Waals surface area contributed by atoms with E-state index in [9.17, 15) is 9.59 Å². The van der Waals surface area contributed by atoms with Gasteiger partial charge in [0.25, 0.3) is 5.91 Å². The first kappa shape index (κ1) is 13.8. The van der Waals surface area contributed by atoms with E-state index in [0.717, 1.165) is 6.42 Å². The summed E-state index contributed by atoms with van der Waals surface area (Å²) in [5.41, 5.74) is 0.441. The number of ether oxygens (including phenoxy) is 1. The van der Waals surface area contributed by atoms with Crippen molar-refractivity contribution < 1.29 is 14.3 Å². The maximum absolute atomic E-state index is 12.4. The van der Waals surface area contributed by atoms with Gasteiger partial charge in [-0.2, -0.15) is 0 Å². The molecular formula is C13H15ClN2O3. The molecule has 1 aromatic heterocycles. The lowest BCUT2D eigenvalue weighted by Crippen LogP contribution is -2.41. The quantitative estimate of drug-likeness (QED) is 0.628. The predicted molar refractivity (Wildman–Crippen MR) is 69.9 cm³/mol. The lowest BCUT2D eigenvalue weighted by Gasteiger charge is -2.23. The van der Waals surface area contributed by atoms with E-state index in [1.54, 1.807) is 17.9 Å². The summed E-state index contributed by atoms with van der Waals surface area (Å²) in [6, 6.07) is 2.61. The summed E-state index contributed by atoms with van der Waals surface area (Å²) in [4.78, 5) is 29.5. The van der Waals surface area contributed by atoms with Gasteiger partial charge in [-0.3, -0.25) is 4.79 Å². The molecule has 0 aliphatic carbocycles. The summed E-state index contributed by atoms with van der Waals surface area (Å²) >= 11 is 5.77. The summed E-state index contributed by atoms with van der Waals surface area (Å²) in [5, 5.41) is 0.262. The minimum atomic E-state index is -0.487. The van der Waals surface area contributed by atoms with Crippen molar-refractivity contribution in [3.63, 3.8) is 0 Å². The molecule has 0 radical (unpaired) electrons. The van der Waals surface area contributed by atoms with Crippen LogP contribution in [0.15, 0.2) is 18.3 Å². The minimum Gasteiger partial charge on any atom is -0.464 e. The Kier molecular flexibility index (Phi) is 4.37. The summed E-state index contributed by atoms with van der Waals surface area (Å²) in [7, 11) is 0. The second kappa shape index (κ2) is 6.02. The van der Waals surface area contributed by atoms with Crippen molar-refractivity contribution in [2.75, 3.05) is 13.2 Å². The monoisotopic (exact) mass is 282 g/mol. The number of hydrogen-bond acceptors (Lipinski definition) is 4. The maximum Gasteiger partial charge on any atom is 0.328 e. The van der Waals surface area contributed by atoms with Crippen LogP contribution in [0.1, 0.15) is 30.1 Å². The van der Waals surface area contributed by atoms with E-state index in [1.807, 2.05) is 0 Å². The van der Waals surface area contributed by atoms with Crippen LogP contribution in [0.3, 0.4) is 0 Å². The zero-order valence-electron chi connectivity index (χ0n) is 10.6. The van der Waals surface area contributed by atoms with Gasteiger partial charge in [0, 0.05) is 18.3 Å². The number of likely N-dealkylation sites (tertiary alicyclic amines) is 1. The molecule has 1 atom stereocenters. The van der Waals surface area contributed by atoms with Gasteiger partial charge in [-0.1, -0.05) is 11.6 Å². The third-order valence-corrected chi connectivity index (χ3v) is 3.25. The Labute approximate surface area is 116 Å². The van der Waals surface area contributed by atoms with Crippen LogP contribution in [0, 0.1) is 0 Å². The van der Waals surface area contributed by atoms with Gasteiger partial charge in [-0.25, -0.2) is 9.78 Å². The highest BCUT2D eigenvalue weighted by molar-refractivity contribution is 6.29. The van der Waals surface area contributed by atoms with E-state index >= 15 is 0 Å². The Bertz CT molecular complexity index is 493. The van der Waals surface area contributed by atoms with E-state index in [4.69, 9.17) is 16.3 Å². The topological polar surface area (TPSA) is 59.5 Å². The molecule has 1 unspecified atom stereocenters. The van der Waals surface area contributed by atoms with Crippen molar-refractivity contribution in [2.24, 2.45) is 0 Å². The molecule has 5 nitrogen and oxygen atoms in total. The van der Waals surface area contributed by atoms with Gasteiger partial charge in [-0.15, -0.1) is 0 Å². The molecule has 0 bridgehead atoms. The van der Waals surface area contributed by atoms with Crippen molar-refractivity contribution >= 4 is 23.5 Å². The zero-order valence-corrected chi connectivity index (χ0v) is 11.4. The van der Waals surface area contributed by atoms with E-state index in [1.165, 1.54) is 12.3 Å². The van der Waals surface area contributed by atoms with Crippen molar-refractivity contribution in [1.82, 2.24) is 9.88 Å². The second-order valence-corrected chi connectivity index (χ2v) is 4.66. The van der Waals surface area contributed by atoms with Crippen LogP contribution in [0.2, 0.25) is 5.15 Å². The molecule has 2 heterocycles. The molecule has 1 fully saturated rings. The normalized spacial score (nSPS) is 18.4. The zero-order chi connectivity index (χ0) is 13.8. The Morgan fingerprint density at radius 3 is 3.05 bits per heavy atom. The van der Waals surface area contributed by atoms with Gasteiger partial charge in [0.1, 0.15) is 11.2 Å². The first-order chi connectivity index (χ1) is 9.13. The number of pyridine rings is 1. The van der Waals surface area contributed by atoms with Gasteiger partial charge >= 0.3 is 5.97 Å². The van der Waals surface area contributed by atoms with Crippen LogP contribution in [0.25, 0.3) is 0 Å². The van der Waals surface area contributed by atoms with Crippen LogP contribution in [0.4, 0.5) is 0 Å². The fraction of sp³-hybridized carbons (Fsp3) is 0.462. The summed E-state index contributed by atoms with van der Waals surface area (Å²) in [6.45, 7) is 2.63. The highest BCUT2D eigenvalue weighted by Gasteiger charge is 2.35. The number of aromatic nitrogens is 1. The Morgan fingerprint density at radius 2 is 2.37 bits per heavy atom. The van der Waals surface area contributed by atoms with Crippen molar-refractivity contribution in [1.29, 1.82) is 0 Å². The van der Waals surface area contributed by atoms with E-state index in [0.29, 0.717) is 25.1 Å². The molecule has 1 saturated heterocycles. The number of esters is 1. The van der Waals surface area contributed by atoms with Gasteiger partial charge in [0.05, 0.1) is 6.61 Å². The maximum atomic E-state index is 12.4. The number of nitrogens with zero attached hydrogens (tertiary/aromatic N) is 2. The number of carbonyl (C=O) groups excluding carboxylic acids is 2. The second-order valence-electron chi connectivity index (χ2n) is 4.28. The molecular weight excluding hydrogens is 268 g/mol. The first-order valence-corrected chi connectivity index (χ1v) is 6.60. The van der Waals surface area contributed by atoms with E-state index in [2.05, 4.69) is 4.98 Å². The SMILES string of the molecule is CCOC(=O)C1CCCN1C(=O)c1ccnc(Cl)c1. The molecule has 1 amide bonds. The molecule has 102 valence electrons. The largest absolute Gasteiger partial charge is 0.464 e. The van der Waals surface area contributed by atoms with Crippen LogP contribution >= 0.6 is 11.6 Å². The smallest absolute Gasteiger partial charge is 0.328 e. The van der Waals surface area contributed by atoms with Crippen molar-refractivity contribution in [2.45, 2.75) is 25.8 Å². The number of hydrogen-bond donors (Lipinski definition) is 0. The fourth-order valence-electron chi connectivity index (χ4n) is 2.19. The first-order valence-electron chi connectivity index (χ1n) is 6.22. The predicted octanol–water partition coefficient (Wildman–Crippen LogP) is 1.90. The molecule has 1 aliphatic rings. The Balaban J connectivity index is 2.16. The molecule has 0 aromatic carbocycles. The van der Waals surface area contributed by atoms with E-state index in [-0.39, 0.29) is 17.0 Å². The number of rotatable bonds is 3. The molecule has 0 N–H and O–H groups in total. The molecule has 0 spiro atoms. The van der Waals surface area contributed by atoms with Crippen LogP contribution < -0.4 is 0 Å². The number of carbonyl (C=O) groups is 2. The summed E-state index contributed by atoms with van der Waals surface area (Å²) in [6.07, 6.45) is 2.92. The highest BCUT2D eigenvalue weighted by Crippen LogP contribution is 2.21. The average molecular weight is 283 g/mol. The number of amides is 1. The van der Waals surface area contributed by atoms with Crippen LogP contribution in [-0.2, 0) is 9.53 Å². The summed E-state index contributed by atoms with van der Waals surface area (Å²) in [5.74, 6) is -0.548. The van der Waals surface area contributed by atoms with Crippen LogP contribution in [0.5, 0.6) is 0 Å². The van der Waals surface area contributed by atoms with Gasteiger partial charge in [0.15, 0.2) is 0 Å². The van der Waals surface area contributed by atoms with Crippen LogP contribution in [-0.4, -0.2) is 41.0 Å². The standard InChI is InChI=1S/C13H15ClN2O3/c1-2-19-13(18)10-4-3-7-16(10)12(17)9-5-6-15-11(14)8-9/h5-6,8,10H,2-4,7H2,1H3. The Hall–Kier alpha value is -1.62. The molecule has 1 aromatic rings. The highest BCUT2D eigenvalue weighted by atomic mass is 35.5. The molecule has 6 heteroatoms. The van der Waals surface area contributed by atoms with Gasteiger partial charge < -0.3 is 9.64 Å². The lowest BCUT2D eigenvalue weighted by molar-refractivity contribution is -0.147. The fourth-order valence-corrected chi connectivity index (χ4v) is 2.37. The van der Waals surface area contributed by atoms with E-state index < -0.39 is 6.04 Å². The summed E-state index contributed by atoms with van der Waals surface area (Å²) < 4.78 is 4.99. The lowest BCUT2D eigenvalue weighted by atomic mass is 10.2. The third-order valence-electron chi connectivity index (χ3n) is 3.05. The molecule has 0 saturated carbocycles. The molecule has 2 rings (SSSR count). The van der Waals surface area contributed by atoms with Crippen molar-refractivity contribution in [3.05, 3.63) is 29.0 Å². The third kappa shape index (κ3) is 3.04. The Morgan fingerprint density at radius 1 is 1.58 bits per heavy atom. The van der Waals surface area contributed by atoms with Gasteiger partial charge in [0.2, 0.25) is 0 Å². The average Bonchev–Trinajstić information content (AvgIpc) is 2.87. The van der Waals surface area contributed by atoms with Crippen molar-refractivity contribution in [3.8, 4) is 0 Å². The number of halogens is 1. The van der Waals surface area contributed by atoms with Gasteiger partial charge in [-0.05, 0) is 31.9 Å².